The normalized spacial score (nSPS) is 14.9. The van der Waals surface area contributed by atoms with E-state index in [0.29, 0.717) is 0 Å². The van der Waals surface area contributed by atoms with Crippen molar-refractivity contribution in [3.05, 3.63) is 48.3 Å². The highest BCUT2D eigenvalue weighted by atomic mass is 16.2. The summed E-state index contributed by atoms with van der Waals surface area (Å²) in [5, 5.41) is 4.47. The van der Waals surface area contributed by atoms with E-state index in [0.717, 1.165) is 48.4 Å². The minimum atomic E-state index is 0.128. The molecular weight excluding hydrogens is 276 g/mol. The highest BCUT2D eigenvalue weighted by Crippen LogP contribution is 2.26. The first-order chi connectivity index (χ1) is 10.7. The number of amides is 1. The summed E-state index contributed by atoms with van der Waals surface area (Å²) in [6.07, 6.45) is 6.11. The fraction of sp³-hybridized carbons (Fsp3) is 0.294. The van der Waals surface area contributed by atoms with Gasteiger partial charge in [-0.25, -0.2) is 0 Å². The number of hydrogen-bond acceptors (Lipinski definition) is 2. The van der Waals surface area contributed by atoms with Crippen LogP contribution >= 0.6 is 0 Å². The van der Waals surface area contributed by atoms with Crippen molar-refractivity contribution >= 4 is 11.4 Å². The molecule has 0 radical (unpaired) electrons. The summed E-state index contributed by atoms with van der Waals surface area (Å²) in [4.78, 5) is 14.7. The van der Waals surface area contributed by atoms with Crippen LogP contribution < -0.4 is 0 Å². The molecule has 3 aromatic heterocycles. The summed E-state index contributed by atoms with van der Waals surface area (Å²) in [5.74, 6) is 0.128. The summed E-state index contributed by atoms with van der Waals surface area (Å²) in [6, 6.07) is 9.88. The highest BCUT2D eigenvalue weighted by molar-refractivity contribution is 6.02. The average molecular weight is 294 g/mol. The Balaban J connectivity index is 1.87. The van der Waals surface area contributed by atoms with Gasteiger partial charge in [0, 0.05) is 32.5 Å². The van der Waals surface area contributed by atoms with Gasteiger partial charge in [-0.15, -0.1) is 0 Å². The zero-order chi connectivity index (χ0) is 15.1. The molecule has 5 heteroatoms. The van der Waals surface area contributed by atoms with Crippen molar-refractivity contribution in [3.63, 3.8) is 0 Å². The van der Waals surface area contributed by atoms with E-state index in [9.17, 15) is 4.79 Å². The van der Waals surface area contributed by atoms with Gasteiger partial charge in [0.15, 0.2) is 0 Å². The Bertz CT molecular complexity index is 839. The molecule has 0 bridgehead atoms. The molecule has 0 aromatic carbocycles. The summed E-state index contributed by atoms with van der Waals surface area (Å²) >= 11 is 0. The van der Waals surface area contributed by atoms with Crippen molar-refractivity contribution in [1.29, 1.82) is 0 Å². The molecular formula is C17H18N4O. The van der Waals surface area contributed by atoms with Gasteiger partial charge in [0.25, 0.3) is 5.91 Å². The fourth-order valence-electron chi connectivity index (χ4n) is 3.16. The maximum Gasteiger partial charge on any atom is 0.256 e. The van der Waals surface area contributed by atoms with Gasteiger partial charge < -0.3 is 9.30 Å². The van der Waals surface area contributed by atoms with Gasteiger partial charge in [0.2, 0.25) is 0 Å². The third kappa shape index (κ3) is 2.01. The third-order valence-electron chi connectivity index (χ3n) is 4.28. The summed E-state index contributed by atoms with van der Waals surface area (Å²) < 4.78 is 3.82. The fourth-order valence-corrected chi connectivity index (χ4v) is 3.16. The Labute approximate surface area is 128 Å². The molecule has 4 heterocycles. The molecule has 0 spiro atoms. The second-order valence-electron chi connectivity index (χ2n) is 5.77. The van der Waals surface area contributed by atoms with Crippen molar-refractivity contribution in [2.24, 2.45) is 7.05 Å². The van der Waals surface area contributed by atoms with Gasteiger partial charge in [-0.1, -0.05) is 6.07 Å². The molecule has 112 valence electrons. The Morgan fingerprint density at radius 3 is 2.68 bits per heavy atom. The molecule has 1 aliphatic rings. The number of carbonyl (C=O) groups is 1. The van der Waals surface area contributed by atoms with Crippen LogP contribution in [0.15, 0.2) is 42.7 Å². The van der Waals surface area contributed by atoms with E-state index in [1.165, 1.54) is 0 Å². The van der Waals surface area contributed by atoms with Gasteiger partial charge in [-0.2, -0.15) is 5.10 Å². The summed E-state index contributed by atoms with van der Waals surface area (Å²) in [6.45, 7) is 1.73. The largest absolute Gasteiger partial charge is 0.339 e. The molecule has 0 saturated carbocycles. The number of aryl methyl sites for hydroxylation is 1. The quantitative estimate of drug-likeness (QED) is 0.729. The van der Waals surface area contributed by atoms with Crippen LogP contribution in [0.3, 0.4) is 0 Å². The van der Waals surface area contributed by atoms with E-state index >= 15 is 0 Å². The van der Waals surface area contributed by atoms with Gasteiger partial charge in [0.1, 0.15) is 5.69 Å². The second-order valence-corrected chi connectivity index (χ2v) is 5.77. The first kappa shape index (κ1) is 13.1. The maximum absolute atomic E-state index is 12.8. The molecule has 22 heavy (non-hydrogen) atoms. The number of aromatic nitrogens is 3. The molecule has 0 aliphatic carbocycles. The Kier molecular flexibility index (Phi) is 2.99. The Morgan fingerprint density at radius 1 is 1.14 bits per heavy atom. The number of hydrogen-bond donors (Lipinski definition) is 0. The van der Waals surface area contributed by atoms with Crippen LogP contribution in [0.1, 0.15) is 23.2 Å². The van der Waals surface area contributed by atoms with Crippen LogP contribution in [-0.2, 0) is 7.05 Å². The summed E-state index contributed by atoms with van der Waals surface area (Å²) in [7, 11) is 1.90. The van der Waals surface area contributed by atoms with Crippen molar-refractivity contribution in [2.75, 3.05) is 13.1 Å². The standard InChI is InChI=1S/C17H18N4O/c1-19-11-7-14(18-19)16-12-13(15-6-2-3-10-21(15)16)17(22)20-8-4-5-9-20/h2-3,6-7,10-12H,4-5,8-9H2,1H3. The molecule has 4 rings (SSSR count). The Morgan fingerprint density at radius 2 is 1.95 bits per heavy atom. The zero-order valence-corrected chi connectivity index (χ0v) is 12.6. The van der Waals surface area contributed by atoms with E-state index in [2.05, 4.69) is 5.10 Å². The first-order valence-corrected chi connectivity index (χ1v) is 7.63. The lowest BCUT2D eigenvalue weighted by molar-refractivity contribution is 0.0795. The predicted octanol–water partition coefficient (Wildman–Crippen LogP) is 2.58. The number of nitrogens with zero attached hydrogens (tertiary/aromatic N) is 4. The molecule has 1 saturated heterocycles. The van der Waals surface area contributed by atoms with Crippen LogP contribution in [0.5, 0.6) is 0 Å². The molecule has 3 aromatic rings. The van der Waals surface area contributed by atoms with E-state index in [4.69, 9.17) is 0 Å². The van der Waals surface area contributed by atoms with Gasteiger partial charge >= 0.3 is 0 Å². The number of fused-ring (bicyclic) bond motifs is 1. The Hall–Kier alpha value is -2.56. The van der Waals surface area contributed by atoms with Crippen LogP contribution in [-0.4, -0.2) is 38.1 Å². The van der Waals surface area contributed by atoms with Crippen LogP contribution in [0.4, 0.5) is 0 Å². The number of rotatable bonds is 2. The van der Waals surface area contributed by atoms with E-state index in [-0.39, 0.29) is 5.91 Å². The molecule has 5 nitrogen and oxygen atoms in total. The van der Waals surface area contributed by atoms with Crippen molar-refractivity contribution < 1.29 is 4.79 Å². The van der Waals surface area contributed by atoms with Gasteiger partial charge in [-0.3, -0.25) is 9.48 Å². The molecule has 1 fully saturated rings. The highest BCUT2D eigenvalue weighted by Gasteiger charge is 2.24. The average Bonchev–Trinajstić information content (AvgIpc) is 3.25. The minimum absolute atomic E-state index is 0.128. The lowest BCUT2D eigenvalue weighted by atomic mass is 10.2. The molecule has 1 amide bonds. The monoisotopic (exact) mass is 294 g/mol. The number of carbonyl (C=O) groups excluding carboxylic acids is 1. The van der Waals surface area contributed by atoms with E-state index in [1.807, 2.05) is 59.1 Å². The van der Waals surface area contributed by atoms with E-state index in [1.54, 1.807) is 4.68 Å². The van der Waals surface area contributed by atoms with Crippen LogP contribution in [0.25, 0.3) is 16.9 Å². The van der Waals surface area contributed by atoms with Crippen molar-refractivity contribution in [2.45, 2.75) is 12.8 Å². The molecule has 1 aliphatic heterocycles. The molecule has 0 atom stereocenters. The van der Waals surface area contributed by atoms with E-state index < -0.39 is 0 Å². The smallest absolute Gasteiger partial charge is 0.256 e. The first-order valence-electron chi connectivity index (χ1n) is 7.63. The predicted molar refractivity (Wildman–Crippen MR) is 84.7 cm³/mol. The topological polar surface area (TPSA) is 42.5 Å². The zero-order valence-electron chi connectivity index (χ0n) is 12.6. The SMILES string of the molecule is Cn1ccc(-c2cc(C(=O)N3CCCC3)c3ccccn23)n1. The molecule has 0 unspecified atom stereocenters. The van der Waals surface area contributed by atoms with Gasteiger partial charge in [0.05, 0.1) is 16.8 Å². The number of pyridine rings is 1. The maximum atomic E-state index is 12.8. The number of likely N-dealkylation sites (tertiary alicyclic amines) is 1. The van der Waals surface area contributed by atoms with Crippen LogP contribution in [0, 0.1) is 0 Å². The lowest BCUT2D eigenvalue weighted by Crippen LogP contribution is -2.27. The van der Waals surface area contributed by atoms with Crippen LogP contribution in [0.2, 0.25) is 0 Å². The van der Waals surface area contributed by atoms with Gasteiger partial charge in [-0.05, 0) is 37.1 Å². The minimum Gasteiger partial charge on any atom is -0.339 e. The van der Waals surface area contributed by atoms with Crippen molar-refractivity contribution in [1.82, 2.24) is 19.1 Å². The summed E-state index contributed by atoms with van der Waals surface area (Å²) in [5.41, 5.74) is 3.55. The molecule has 0 N–H and O–H groups in total. The third-order valence-corrected chi connectivity index (χ3v) is 4.28. The second kappa shape index (κ2) is 5.02. The van der Waals surface area contributed by atoms with Crippen molar-refractivity contribution in [3.8, 4) is 11.4 Å². The lowest BCUT2D eigenvalue weighted by Gasteiger charge is -2.14.